The van der Waals surface area contributed by atoms with Crippen molar-refractivity contribution in [3.63, 3.8) is 0 Å². The summed E-state index contributed by atoms with van der Waals surface area (Å²) in [5.41, 5.74) is 4.10. The number of nitrogens with one attached hydrogen (secondary N) is 1. The van der Waals surface area contributed by atoms with E-state index in [-0.39, 0.29) is 12.1 Å². The molecule has 1 aliphatic heterocycles. The zero-order valence-corrected chi connectivity index (χ0v) is 10.7. The van der Waals surface area contributed by atoms with Crippen molar-refractivity contribution >= 4 is 0 Å². The molecular formula is C12H25N3O. The largest absolute Gasteiger partial charge is 0.374 e. The highest BCUT2D eigenvalue weighted by atomic mass is 16.5. The lowest BCUT2D eigenvalue weighted by molar-refractivity contribution is -0.0387. The molecule has 0 spiro atoms. The third kappa shape index (κ3) is 4.22. The van der Waals surface area contributed by atoms with Gasteiger partial charge >= 0.3 is 0 Å². The highest BCUT2D eigenvalue weighted by Crippen LogP contribution is 2.11. The lowest BCUT2D eigenvalue weighted by Gasteiger charge is -2.35. The fourth-order valence-electron chi connectivity index (χ4n) is 2.09. The minimum Gasteiger partial charge on any atom is -0.374 e. The average molecular weight is 227 g/mol. The third-order valence-electron chi connectivity index (χ3n) is 2.82. The van der Waals surface area contributed by atoms with E-state index in [0.717, 1.165) is 26.2 Å². The van der Waals surface area contributed by atoms with Crippen molar-refractivity contribution in [2.24, 2.45) is 5.84 Å². The van der Waals surface area contributed by atoms with E-state index in [0.29, 0.717) is 0 Å². The van der Waals surface area contributed by atoms with Gasteiger partial charge in [0.2, 0.25) is 0 Å². The van der Waals surface area contributed by atoms with Crippen LogP contribution in [0, 0.1) is 0 Å². The van der Waals surface area contributed by atoms with Crippen LogP contribution in [0.4, 0.5) is 0 Å². The van der Waals surface area contributed by atoms with Crippen LogP contribution in [-0.2, 0) is 4.74 Å². The molecule has 0 bridgehead atoms. The molecule has 1 fully saturated rings. The first-order valence-corrected chi connectivity index (χ1v) is 6.12. The number of hydrazine groups is 1. The fraction of sp³-hybridized carbons (Fsp3) is 0.833. The summed E-state index contributed by atoms with van der Waals surface area (Å²) >= 11 is 0. The summed E-state index contributed by atoms with van der Waals surface area (Å²) in [6.07, 6.45) is 3.50. The maximum Gasteiger partial charge on any atom is 0.0904 e. The van der Waals surface area contributed by atoms with Crippen LogP contribution in [0.5, 0.6) is 0 Å². The Balaban J connectivity index is 2.53. The molecule has 1 saturated heterocycles. The van der Waals surface area contributed by atoms with Gasteiger partial charge in [-0.25, -0.2) is 0 Å². The van der Waals surface area contributed by atoms with Crippen molar-refractivity contribution in [1.29, 1.82) is 0 Å². The Morgan fingerprint density at radius 1 is 1.62 bits per heavy atom. The van der Waals surface area contributed by atoms with Gasteiger partial charge in [-0.15, -0.1) is 0 Å². The van der Waals surface area contributed by atoms with Crippen LogP contribution in [0.1, 0.15) is 27.2 Å². The van der Waals surface area contributed by atoms with Crippen LogP contribution in [0.25, 0.3) is 0 Å². The molecule has 0 aromatic heterocycles. The number of nitrogens with zero attached hydrogens (tertiary/aromatic N) is 1. The smallest absolute Gasteiger partial charge is 0.0904 e. The number of ether oxygens (including phenoxy) is 1. The summed E-state index contributed by atoms with van der Waals surface area (Å²) in [6.45, 7) is 10.3. The second kappa shape index (κ2) is 7.01. The topological polar surface area (TPSA) is 50.5 Å². The maximum absolute atomic E-state index is 5.78. The molecule has 3 N–H and O–H groups in total. The highest BCUT2D eigenvalue weighted by Gasteiger charge is 2.25. The van der Waals surface area contributed by atoms with E-state index in [4.69, 9.17) is 10.6 Å². The number of nitrogens with two attached hydrogens (primary N) is 1. The predicted octanol–water partition coefficient (Wildman–Crippen LogP) is 0.895. The zero-order chi connectivity index (χ0) is 12.0. The Morgan fingerprint density at radius 3 is 2.94 bits per heavy atom. The number of morpholine rings is 1. The van der Waals surface area contributed by atoms with E-state index >= 15 is 0 Å². The number of hydrogen-bond donors (Lipinski definition) is 2. The zero-order valence-electron chi connectivity index (χ0n) is 10.7. The van der Waals surface area contributed by atoms with E-state index in [2.05, 4.69) is 37.2 Å². The summed E-state index contributed by atoms with van der Waals surface area (Å²) in [4.78, 5) is 2.44. The molecule has 0 aliphatic carbocycles. The molecule has 0 aromatic rings. The summed E-state index contributed by atoms with van der Waals surface area (Å²) in [7, 11) is 0. The molecule has 1 rings (SSSR count). The summed E-state index contributed by atoms with van der Waals surface area (Å²) in [6, 6.07) is 0.115. The van der Waals surface area contributed by atoms with Gasteiger partial charge in [-0.2, -0.15) is 0 Å². The molecule has 16 heavy (non-hydrogen) atoms. The molecule has 1 heterocycles. The van der Waals surface area contributed by atoms with Gasteiger partial charge in [0.1, 0.15) is 0 Å². The molecule has 4 heteroatoms. The van der Waals surface area contributed by atoms with Gasteiger partial charge in [-0.3, -0.25) is 16.2 Å². The van der Waals surface area contributed by atoms with E-state index in [1.54, 1.807) is 0 Å². The normalized spacial score (nSPS) is 24.1. The monoisotopic (exact) mass is 227 g/mol. The van der Waals surface area contributed by atoms with E-state index in [1.165, 1.54) is 12.0 Å². The molecule has 94 valence electrons. The Bertz CT molecular complexity index is 224. The number of hydrogen-bond acceptors (Lipinski definition) is 4. The van der Waals surface area contributed by atoms with Gasteiger partial charge in [0.15, 0.2) is 0 Å². The van der Waals surface area contributed by atoms with Crippen LogP contribution in [0.2, 0.25) is 0 Å². The van der Waals surface area contributed by atoms with Crippen molar-refractivity contribution in [3.8, 4) is 0 Å². The maximum atomic E-state index is 5.78. The molecule has 2 unspecified atom stereocenters. The Hall–Kier alpha value is -0.420. The Kier molecular flexibility index (Phi) is 5.98. The summed E-state index contributed by atoms with van der Waals surface area (Å²) in [5, 5.41) is 0. The van der Waals surface area contributed by atoms with Crippen LogP contribution in [0.15, 0.2) is 11.6 Å². The van der Waals surface area contributed by atoms with E-state index in [1.807, 2.05) is 0 Å². The van der Waals surface area contributed by atoms with Gasteiger partial charge in [0.25, 0.3) is 0 Å². The van der Waals surface area contributed by atoms with E-state index in [9.17, 15) is 0 Å². The molecule has 0 amide bonds. The van der Waals surface area contributed by atoms with Gasteiger partial charge < -0.3 is 4.74 Å². The lowest BCUT2D eigenvalue weighted by Crippen LogP contribution is -2.53. The van der Waals surface area contributed by atoms with Crippen LogP contribution >= 0.6 is 0 Å². The standard InChI is InChI=1S/C12H25N3O/c1-4-5-15-6-7-16-12(9-15)11(14-13)8-10(2)3/h8,11-12,14H,4-7,9,13H2,1-3H3. The second-order valence-corrected chi connectivity index (χ2v) is 4.65. The van der Waals surface area contributed by atoms with Gasteiger partial charge in [-0.05, 0) is 26.8 Å². The third-order valence-corrected chi connectivity index (χ3v) is 2.82. The average Bonchev–Trinajstić information content (AvgIpc) is 2.26. The first-order chi connectivity index (χ1) is 7.67. The first-order valence-electron chi connectivity index (χ1n) is 6.12. The van der Waals surface area contributed by atoms with Gasteiger partial charge in [0, 0.05) is 13.1 Å². The SMILES string of the molecule is CCCN1CCOC(C(C=C(C)C)NN)C1. The molecule has 4 nitrogen and oxygen atoms in total. The van der Waals surface area contributed by atoms with Crippen molar-refractivity contribution < 1.29 is 4.74 Å². The van der Waals surface area contributed by atoms with Crippen molar-refractivity contribution in [2.75, 3.05) is 26.2 Å². The van der Waals surface area contributed by atoms with Crippen LogP contribution in [0.3, 0.4) is 0 Å². The molecule has 0 saturated carbocycles. The van der Waals surface area contributed by atoms with Crippen molar-refractivity contribution in [1.82, 2.24) is 10.3 Å². The number of allylic oxidation sites excluding steroid dienone is 1. The quantitative estimate of drug-likeness (QED) is 0.416. The Morgan fingerprint density at radius 2 is 2.38 bits per heavy atom. The van der Waals surface area contributed by atoms with Gasteiger partial charge in [-0.1, -0.05) is 18.6 Å². The first kappa shape index (κ1) is 13.6. The predicted molar refractivity (Wildman–Crippen MR) is 67.0 cm³/mol. The molecule has 2 atom stereocenters. The molecule has 0 aromatic carbocycles. The van der Waals surface area contributed by atoms with E-state index < -0.39 is 0 Å². The molecule has 0 radical (unpaired) electrons. The summed E-state index contributed by atoms with van der Waals surface area (Å²) in [5.74, 6) is 5.58. The minimum atomic E-state index is 0.115. The Labute approximate surface area is 98.8 Å². The number of rotatable bonds is 5. The van der Waals surface area contributed by atoms with Crippen LogP contribution < -0.4 is 11.3 Å². The fourth-order valence-corrected chi connectivity index (χ4v) is 2.09. The lowest BCUT2D eigenvalue weighted by atomic mass is 10.1. The second-order valence-electron chi connectivity index (χ2n) is 4.65. The van der Waals surface area contributed by atoms with Crippen molar-refractivity contribution in [2.45, 2.75) is 39.3 Å². The molecule has 1 aliphatic rings. The van der Waals surface area contributed by atoms with Crippen molar-refractivity contribution in [3.05, 3.63) is 11.6 Å². The molecular weight excluding hydrogens is 202 g/mol. The van der Waals surface area contributed by atoms with Crippen LogP contribution in [-0.4, -0.2) is 43.3 Å². The minimum absolute atomic E-state index is 0.115. The van der Waals surface area contributed by atoms with Gasteiger partial charge in [0.05, 0.1) is 18.8 Å². The highest BCUT2D eigenvalue weighted by molar-refractivity contribution is 5.04. The summed E-state index contributed by atoms with van der Waals surface area (Å²) < 4.78 is 5.78.